The molecule has 2 aromatic carbocycles. The topological polar surface area (TPSA) is 67.4 Å². The molecule has 4 rings (SSSR count). The predicted molar refractivity (Wildman–Crippen MR) is 105 cm³/mol. The van der Waals surface area contributed by atoms with Gasteiger partial charge in [-0.2, -0.15) is 23.4 Å². The van der Waals surface area contributed by atoms with Gasteiger partial charge in [0, 0.05) is 11.4 Å². The Labute approximate surface area is 174 Å². The van der Waals surface area contributed by atoms with Gasteiger partial charge in [0.1, 0.15) is 11.6 Å². The number of imidazole rings is 1. The maximum atomic E-state index is 13.0. The lowest BCUT2D eigenvalue weighted by Gasteiger charge is -2.10. The fourth-order valence-corrected chi connectivity index (χ4v) is 3.26. The van der Waals surface area contributed by atoms with Crippen molar-refractivity contribution < 1.29 is 13.2 Å². The van der Waals surface area contributed by atoms with Crippen molar-refractivity contribution in [3.05, 3.63) is 88.1 Å². The number of alkyl halides is 3. The molecule has 0 atom stereocenters. The van der Waals surface area contributed by atoms with Crippen molar-refractivity contribution in [3.63, 3.8) is 0 Å². The van der Waals surface area contributed by atoms with Crippen molar-refractivity contribution in [1.82, 2.24) is 19.5 Å². The molecule has 0 amide bonds. The standard InChI is InChI=1S/C21H13ClF3N5/c22-16-6-4-13(5-7-16)9-17-19-20(29-18(10-26)28-17)30(12-27-19)11-14-2-1-3-15(8-14)21(23,24)25/h1-8,12H,9,11H2. The van der Waals surface area contributed by atoms with E-state index in [1.54, 1.807) is 22.8 Å². The molecule has 150 valence electrons. The minimum atomic E-state index is -4.42. The summed E-state index contributed by atoms with van der Waals surface area (Å²) in [6.07, 6.45) is -2.52. The van der Waals surface area contributed by atoms with Crippen LogP contribution in [-0.2, 0) is 19.1 Å². The fourth-order valence-electron chi connectivity index (χ4n) is 3.13. The van der Waals surface area contributed by atoms with Crippen molar-refractivity contribution in [2.75, 3.05) is 0 Å². The van der Waals surface area contributed by atoms with Crippen LogP contribution in [0.1, 0.15) is 28.2 Å². The molecular weight excluding hydrogens is 415 g/mol. The first-order valence-electron chi connectivity index (χ1n) is 8.86. The number of hydrogen-bond donors (Lipinski definition) is 0. The first-order chi connectivity index (χ1) is 14.3. The summed E-state index contributed by atoms with van der Waals surface area (Å²) in [5, 5.41) is 9.93. The second kappa shape index (κ2) is 7.76. The summed E-state index contributed by atoms with van der Waals surface area (Å²) in [5.41, 5.74) is 2.09. The summed E-state index contributed by atoms with van der Waals surface area (Å²) in [7, 11) is 0. The van der Waals surface area contributed by atoms with E-state index >= 15 is 0 Å². The molecule has 9 heteroatoms. The Bertz CT molecular complexity index is 1260. The molecule has 0 radical (unpaired) electrons. The summed E-state index contributed by atoms with van der Waals surface area (Å²) < 4.78 is 40.6. The van der Waals surface area contributed by atoms with E-state index in [-0.39, 0.29) is 12.4 Å². The van der Waals surface area contributed by atoms with Crippen LogP contribution in [0.5, 0.6) is 0 Å². The van der Waals surface area contributed by atoms with Gasteiger partial charge in [-0.25, -0.2) is 9.97 Å². The average molecular weight is 428 g/mol. The molecular formula is C21H13ClF3N5. The van der Waals surface area contributed by atoms with E-state index in [2.05, 4.69) is 15.0 Å². The molecule has 0 N–H and O–H groups in total. The second-order valence-electron chi connectivity index (χ2n) is 6.65. The summed E-state index contributed by atoms with van der Waals surface area (Å²) in [6, 6.07) is 14.2. The van der Waals surface area contributed by atoms with E-state index in [1.165, 1.54) is 12.4 Å². The average Bonchev–Trinajstić information content (AvgIpc) is 3.12. The van der Waals surface area contributed by atoms with E-state index in [4.69, 9.17) is 11.6 Å². The SMILES string of the molecule is N#Cc1nc(Cc2ccc(Cl)cc2)c2ncn(Cc3cccc(C(F)(F)F)c3)c2n1. The number of rotatable bonds is 4. The third-order valence-electron chi connectivity index (χ3n) is 4.53. The van der Waals surface area contributed by atoms with Crippen LogP contribution >= 0.6 is 11.6 Å². The third-order valence-corrected chi connectivity index (χ3v) is 4.78. The zero-order valence-corrected chi connectivity index (χ0v) is 16.1. The lowest BCUT2D eigenvalue weighted by Crippen LogP contribution is -2.07. The molecule has 0 unspecified atom stereocenters. The maximum absolute atomic E-state index is 13.0. The van der Waals surface area contributed by atoms with Gasteiger partial charge in [-0.05, 0) is 35.4 Å². The third kappa shape index (κ3) is 4.11. The summed E-state index contributed by atoms with van der Waals surface area (Å²) in [6.45, 7) is 0.128. The molecule has 5 nitrogen and oxygen atoms in total. The van der Waals surface area contributed by atoms with Crippen molar-refractivity contribution >= 4 is 22.8 Å². The van der Waals surface area contributed by atoms with Crippen LogP contribution in [0.2, 0.25) is 5.02 Å². The molecule has 2 heterocycles. The number of aromatic nitrogens is 4. The number of nitriles is 1. The quantitative estimate of drug-likeness (QED) is 0.459. The van der Waals surface area contributed by atoms with Gasteiger partial charge in [-0.1, -0.05) is 35.9 Å². The van der Waals surface area contributed by atoms with Crippen molar-refractivity contribution in [3.8, 4) is 6.07 Å². The Morgan fingerprint density at radius 1 is 1.03 bits per heavy atom. The van der Waals surface area contributed by atoms with Gasteiger partial charge in [0.05, 0.1) is 24.1 Å². The predicted octanol–water partition coefficient (Wildman–Crippen LogP) is 5.01. The number of nitrogens with zero attached hydrogens (tertiary/aromatic N) is 5. The number of halogens is 4. The molecule has 0 bridgehead atoms. The van der Waals surface area contributed by atoms with E-state index in [9.17, 15) is 18.4 Å². The molecule has 0 aliphatic carbocycles. The molecule has 0 fully saturated rings. The Morgan fingerprint density at radius 2 is 1.80 bits per heavy atom. The summed E-state index contributed by atoms with van der Waals surface area (Å²) in [4.78, 5) is 12.9. The minimum Gasteiger partial charge on any atom is -0.311 e. The first-order valence-corrected chi connectivity index (χ1v) is 9.24. The lowest BCUT2D eigenvalue weighted by atomic mass is 10.1. The molecule has 0 spiro atoms. The number of benzene rings is 2. The van der Waals surface area contributed by atoms with Gasteiger partial charge in [0.25, 0.3) is 0 Å². The summed E-state index contributed by atoms with van der Waals surface area (Å²) >= 11 is 5.92. The highest BCUT2D eigenvalue weighted by Gasteiger charge is 2.30. The highest BCUT2D eigenvalue weighted by molar-refractivity contribution is 6.30. The van der Waals surface area contributed by atoms with Crippen LogP contribution in [0.4, 0.5) is 13.2 Å². The molecule has 30 heavy (non-hydrogen) atoms. The van der Waals surface area contributed by atoms with Crippen LogP contribution in [0.3, 0.4) is 0 Å². The summed E-state index contributed by atoms with van der Waals surface area (Å²) in [5.74, 6) is -0.0303. The van der Waals surface area contributed by atoms with Gasteiger partial charge < -0.3 is 4.57 Å². The van der Waals surface area contributed by atoms with Crippen LogP contribution in [0.25, 0.3) is 11.2 Å². The van der Waals surface area contributed by atoms with Crippen LogP contribution in [0.15, 0.2) is 54.9 Å². The molecule has 0 saturated carbocycles. The Hall–Kier alpha value is -3.44. The second-order valence-corrected chi connectivity index (χ2v) is 7.09. The first kappa shape index (κ1) is 19.9. The Kier molecular flexibility index (Phi) is 5.14. The maximum Gasteiger partial charge on any atom is 0.416 e. The fraction of sp³-hybridized carbons (Fsp3) is 0.143. The van der Waals surface area contributed by atoms with Crippen LogP contribution in [-0.4, -0.2) is 19.5 Å². The van der Waals surface area contributed by atoms with E-state index in [1.807, 2.05) is 18.2 Å². The van der Waals surface area contributed by atoms with Crippen LogP contribution < -0.4 is 0 Å². The monoisotopic (exact) mass is 427 g/mol. The molecule has 2 aromatic heterocycles. The number of fused-ring (bicyclic) bond motifs is 1. The van der Waals surface area contributed by atoms with E-state index in [0.717, 1.165) is 17.7 Å². The highest BCUT2D eigenvalue weighted by atomic mass is 35.5. The van der Waals surface area contributed by atoms with Crippen molar-refractivity contribution in [2.24, 2.45) is 0 Å². The number of hydrogen-bond acceptors (Lipinski definition) is 4. The zero-order chi connectivity index (χ0) is 21.3. The highest BCUT2D eigenvalue weighted by Crippen LogP contribution is 2.30. The Morgan fingerprint density at radius 3 is 2.50 bits per heavy atom. The van der Waals surface area contributed by atoms with Gasteiger partial charge in [0.15, 0.2) is 5.65 Å². The minimum absolute atomic E-state index is 0.0303. The molecule has 4 aromatic rings. The van der Waals surface area contributed by atoms with E-state index in [0.29, 0.717) is 33.9 Å². The lowest BCUT2D eigenvalue weighted by molar-refractivity contribution is -0.137. The van der Waals surface area contributed by atoms with Gasteiger partial charge in [-0.15, -0.1) is 0 Å². The zero-order valence-electron chi connectivity index (χ0n) is 15.4. The molecule has 0 aliphatic heterocycles. The van der Waals surface area contributed by atoms with Crippen molar-refractivity contribution in [2.45, 2.75) is 19.1 Å². The van der Waals surface area contributed by atoms with Crippen molar-refractivity contribution in [1.29, 1.82) is 5.26 Å². The Balaban J connectivity index is 1.72. The molecule has 0 aliphatic rings. The van der Waals surface area contributed by atoms with Gasteiger partial charge >= 0.3 is 6.18 Å². The van der Waals surface area contributed by atoms with E-state index < -0.39 is 11.7 Å². The smallest absolute Gasteiger partial charge is 0.311 e. The normalized spacial score (nSPS) is 11.6. The molecule has 0 saturated heterocycles. The largest absolute Gasteiger partial charge is 0.416 e. The van der Waals surface area contributed by atoms with Gasteiger partial charge in [-0.3, -0.25) is 0 Å². The van der Waals surface area contributed by atoms with Gasteiger partial charge in [0.2, 0.25) is 5.82 Å². The van der Waals surface area contributed by atoms with Crippen LogP contribution in [0, 0.1) is 11.3 Å².